The number of carbonyl (C=O) groups excluding carboxylic acids is 1. The predicted molar refractivity (Wildman–Crippen MR) is 150 cm³/mol. The second kappa shape index (κ2) is 11.0. The van der Waals surface area contributed by atoms with Crippen molar-refractivity contribution in [3.8, 4) is 22.9 Å². The SMILES string of the molecule is COc1cc(C=Nn2c(-c3ccc([N+](=O)[O-])cc3)nc3ccccc3c2=O)ccc1OC(=O)c1cccc(C)c1. The number of hydrogen-bond acceptors (Lipinski definition) is 8. The summed E-state index contributed by atoms with van der Waals surface area (Å²) in [5.74, 6) is 0.210. The fraction of sp³-hybridized carbons (Fsp3) is 0.0667. The molecule has 0 aliphatic carbocycles. The molecule has 5 rings (SSSR count). The molecule has 4 aromatic carbocycles. The molecule has 10 nitrogen and oxygen atoms in total. The smallest absolute Gasteiger partial charge is 0.343 e. The van der Waals surface area contributed by atoms with Gasteiger partial charge in [-0.1, -0.05) is 29.8 Å². The minimum absolute atomic E-state index is 0.0859. The first-order valence-electron chi connectivity index (χ1n) is 12.1. The van der Waals surface area contributed by atoms with E-state index < -0.39 is 16.5 Å². The normalized spacial score (nSPS) is 11.1. The summed E-state index contributed by atoms with van der Waals surface area (Å²) in [6, 6.07) is 24.5. The molecule has 198 valence electrons. The Morgan fingerprint density at radius 1 is 0.975 bits per heavy atom. The van der Waals surface area contributed by atoms with Crippen molar-refractivity contribution in [1.82, 2.24) is 9.66 Å². The molecule has 0 bridgehead atoms. The summed E-state index contributed by atoms with van der Waals surface area (Å²) in [6.45, 7) is 1.88. The van der Waals surface area contributed by atoms with E-state index in [0.29, 0.717) is 33.3 Å². The largest absolute Gasteiger partial charge is 0.493 e. The van der Waals surface area contributed by atoms with Crippen molar-refractivity contribution in [3.63, 3.8) is 0 Å². The van der Waals surface area contributed by atoms with Crippen LogP contribution < -0.4 is 15.0 Å². The topological polar surface area (TPSA) is 126 Å². The molecule has 0 aliphatic heterocycles. The Morgan fingerprint density at radius 2 is 1.75 bits per heavy atom. The third-order valence-electron chi connectivity index (χ3n) is 6.06. The zero-order valence-corrected chi connectivity index (χ0v) is 21.5. The number of nitrogens with zero attached hydrogens (tertiary/aromatic N) is 4. The number of carbonyl (C=O) groups is 1. The van der Waals surface area contributed by atoms with Crippen LogP contribution in [0.5, 0.6) is 11.5 Å². The molecule has 0 amide bonds. The van der Waals surface area contributed by atoms with E-state index in [4.69, 9.17) is 9.47 Å². The van der Waals surface area contributed by atoms with Gasteiger partial charge in [0, 0.05) is 17.7 Å². The average Bonchev–Trinajstić information content (AvgIpc) is 2.97. The lowest BCUT2D eigenvalue weighted by atomic mass is 10.1. The third kappa shape index (κ3) is 5.32. The number of ether oxygens (including phenoxy) is 2. The zero-order valence-electron chi connectivity index (χ0n) is 21.5. The van der Waals surface area contributed by atoms with Crippen LogP contribution in [0.15, 0.2) is 101 Å². The van der Waals surface area contributed by atoms with Crippen LogP contribution in [0.4, 0.5) is 5.69 Å². The molecule has 0 saturated heterocycles. The van der Waals surface area contributed by atoms with Gasteiger partial charge < -0.3 is 9.47 Å². The number of hydrogen-bond donors (Lipinski definition) is 0. The minimum atomic E-state index is -0.523. The van der Waals surface area contributed by atoms with Gasteiger partial charge in [0.15, 0.2) is 17.3 Å². The molecule has 0 N–H and O–H groups in total. The second-order valence-electron chi connectivity index (χ2n) is 8.79. The number of rotatable bonds is 7. The molecule has 0 radical (unpaired) electrons. The third-order valence-corrected chi connectivity index (χ3v) is 6.06. The molecule has 0 saturated carbocycles. The number of esters is 1. The molecule has 40 heavy (non-hydrogen) atoms. The molecule has 5 aromatic rings. The highest BCUT2D eigenvalue weighted by atomic mass is 16.6. The molecule has 1 heterocycles. The lowest BCUT2D eigenvalue weighted by molar-refractivity contribution is -0.384. The van der Waals surface area contributed by atoms with E-state index in [1.54, 1.807) is 60.7 Å². The number of nitro benzene ring substituents is 1. The summed E-state index contributed by atoms with van der Waals surface area (Å²) < 4.78 is 12.1. The number of aromatic nitrogens is 2. The van der Waals surface area contributed by atoms with Gasteiger partial charge in [-0.05, 0) is 67.1 Å². The van der Waals surface area contributed by atoms with E-state index >= 15 is 0 Å². The Hall–Kier alpha value is -5.64. The van der Waals surface area contributed by atoms with E-state index in [9.17, 15) is 19.7 Å². The van der Waals surface area contributed by atoms with Crippen LogP contribution in [0.2, 0.25) is 0 Å². The molecular formula is C30H22N4O6. The van der Waals surface area contributed by atoms with E-state index in [0.717, 1.165) is 10.2 Å². The Bertz CT molecular complexity index is 1840. The Kier molecular flexibility index (Phi) is 7.14. The first-order chi connectivity index (χ1) is 19.3. The van der Waals surface area contributed by atoms with Crippen LogP contribution in [0.1, 0.15) is 21.5 Å². The summed E-state index contributed by atoms with van der Waals surface area (Å²) in [5, 5.41) is 15.9. The second-order valence-corrected chi connectivity index (χ2v) is 8.79. The van der Waals surface area contributed by atoms with Gasteiger partial charge in [0.2, 0.25) is 0 Å². The fourth-order valence-corrected chi connectivity index (χ4v) is 4.05. The first-order valence-corrected chi connectivity index (χ1v) is 12.1. The number of methoxy groups -OCH3 is 1. The lowest BCUT2D eigenvalue weighted by Crippen LogP contribution is -2.20. The maximum absolute atomic E-state index is 13.4. The van der Waals surface area contributed by atoms with Gasteiger partial charge in [-0.3, -0.25) is 14.9 Å². The molecule has 0 fully saturated rings. The average molecular weight is 535 g/mol. The molecule has 0 unspecified atom stereocenters. The highest BCUT2D eigenvalue weighted by Crippen LogP contribution is 2.29. The van der Waals surface area contributed by atoms with Crippen LogP contribution in [-0.2, 0) is 0 Å². The van der Waals surface area contributed by atoms with Crippen LogP contribution in [-0.4, -0.2) is 33.9 Å². The standard InChI is InChI=1S/C30H22N4O6/c1-19-6-5-7-22(16-19)30(36)40-26-15-10-20(17-27(26)39-2)18-31-33-28(21-11-13-23(14-12-21)34(37)38)32-25-9-4-3-8-24(25)29(33)35/h3-18H,1-2H3. The maximum Gasteiger partial charge on any atom is 0.343 e. The van der Waals surface area contributed by atoms with Crippen molar-refractivity contribution in [2.45, 2.75) is 6.92 Å². The van der Waals surface area contributed by atoms with Gasteiger partial charge in [-0.15, -0.1) is 0 Å². The number of aryl methyl sites for hydroxylation is 1. The van der Waals surface area contributed by atoms with Gasteiger partial charge in [-0.25, -0.2) is 9.78 Å². The van der Waals surface area contributed by atoms with Crippen LogP contribution in [0.3, 0.4) is 0 Å². The number of para-hydroxylation sites is 1. The van der Waals surface area contributed by atoms with E-state index in [1.807, 2.05) is 13.0 Å². The molecule has 1 aromatic heterocycles. The van der Waals surface area contributed by atoms with E-state index in [1.165, 1.54) is 37.6 Å². The summed E-state index contributed by atoms with van der Waals surface area (Å²) in [5.41, 5.74) is 2.34. The van der Waals surface area contributed by atoms with Crippen molar-refractivity contribution < 1.29 is 19.2 Å². The minimum Gasteiger partial charge on any atom is -0.493 e. The number of benzene rings is 4. The van der Waals surface area contributed by atoms with Crippen molar-refractivity contribution in [2.24, 2.45) is 5.10 Å². The van der Waals surface area contributed by atoms with Crippen LogP contribution in [0, 0.1) is 17.0 Å². The van der Waals surface area contributed by atoms with Crippen LogP contribution in [0.25, 0.3) is 22.3 Å². The van der Waals surface area contributed by atoms with Gasteiger partial charge in [-0.2, -0.15) is 9.78 Å². The Labute approximate surface area is 227 Å². The molecule has 0 spiro atoms. The van der Waals surface area contributed by atoms with Gasteiger partial charge in [0.05, 0.1) is 34.7 Å². The van der Waals surface area contributed by atoms with Gasteiger partial charge in [0.25, 0.3) is 11.2 Å². The summed E-state index contributed by atoms with van der Waals surface area (Å²) in [7, 11) is 1.45. The first kappa shape index (κ1) is 26.0. The maximum atomic E-state index is 13.4. The molecule has 0 atom stereocenters. The highest BCUT2D eigenvalue weighted by molar-refractivity contribution is 5.92. The molecule has 10 heteroatoms. The van der Waals surface area contributed by atoms with Crippen molar-refractivity contribution in [2.75, 3.05) is 7.11 Å². The predicted octanol–water partition coefficient (Wildman–Crippen LogP) is 5.39. The molecule has 0 aliphatic rings. The summed E-state index contributed by atoms with van der Waals surface area (Å²) in [6.07, 6.45) is 1.45. The Morgan fingerprint density at radius 3 is 2.48 bits per heavy atom. The summed E-state index contributed by atoms with van der Waals surface area (Å²) in [4.78, 5) is 41.2. The van der Waals surface area contributed by atoms with Gasteiger partial charge >= 0.3 is 5.97 Å². The van der Waals surface area contributed by atoms with Crippen LogP contribution >= 0.6 is 0 Å². The molecular weight excluding hydrogens is 512 g/mol. The van der Waals surface area contributed by atoms with E-state index in [2.05, 4.69) is 10.1 Å². The lowest BCUT2D eigenvalue weighted by Gasteiger charge is -2.11. The fourth-order valence-electron chi connectivity index (χ4n) is 4.05. The van der Waals surface area contributed by atoms with Crippen molar-refractivity contribution in [1.29, 1.82) is 0 Å². The summed E-state index contributed by atoms with van der Waals surface area (Å²) >= 11 is 0. The Balaban J connectivity index is 1.51. The van der Waals surface area contributed by atoms with Crippen molar-refractivity contribution >= 4 is 28.8 Å². The highest BCUT2D eigenvalue weighted by Gasteiger charge is 2.15. The monoisotopic (exact) mass is 534 g/mol. The number of nitro groups is 1. The number of non-ortho nitro benzene ring substituents is 1. The van der Waals surface area contributed by atoms with Gasteiger partial charge in [0.1, 0.15) is 0 Å². The van der Waals surface area contributed by atoms with E-state index in [-0.39, 0.29) is 17.3 Å². The van der Waals surface area contributed by atoms with Crippen molar-refractivity contribution in [3.05, 3.63) is 128 Å². The quantitative estimate of drug-likeness (QED) is 0.0901. The number of fused-ring (bicyclic) bond motifs is 1. The zero-order chi connectivity index (χ0) is 28.2.